The van der Waals surface area contributed by atoms with E-state index in [2.05, 4.69) is 18.8 Å². The van der Waals surface area contributed by atoms with Crippen molar-refractivity contribution in [1.82, 2.24) is 0 Å². The predicted molar refractivity (Wildman–Crippen MR) is 29.8 cm³/mol. The van der Waals surface area contributed by atoms with Crippen LogP contribution in [0.15, 0.2) is 0 Å². The van der Waals surface area contributed by atoms with Gasteiger partial charge in [-0.2, -0.15) is 0 Å². The molecule has 0 rings (SSSR count). The van der Waals surface area contributed by atoms with Crippen molar-refractivity contribution in [3.05, 3.63) is 0 Å². The molecule has 0 aromatic carbocycles. The van der Waals surface area contributed by atoms with Gasteiger partial charge in [0.05, 0.1) is 0 Å². The first kappa shape index (κ1) is 4.95. The molecule has 0 aromatic heterocycles. The number of hydrogen-bond acceptors (Lipinski definition) is 0. The molecule has 2 radical (unpaired) electrons. The van der Waals surface area contributed by atoms with Gasteiger partial charge >= 0.3 is 0 Å². The summed E-state index contributed by atoms with van der Waals surface area (Å²) in [5, 5.41) is 0. The Bertz CT molecular complexity index is 20.0. The van der Waals surface area contributed by atoms with Gasteiger partial charge in [0.1, 0.15) is 0 Å². The standard InChI is InChI=1S/CH4P2Si/c2-3-1-4/h1,3H,2H2. The van der Waals surface area contributed by atoms with Crippen LogP contribution in [-0.4, -0.2) is 15.3 Å². The number of hydrogen-bond donors (Lipinski definition) is 0. The fourth-order valence-electron chi connectivity index (χ4n) is 0. The Hall–Kier alpha value is 0.947. The molecule has 0 amide bonds. The molecule has 0 aliphatic heterocycles. The Balaban J connectivity index is 2.30. The Morgan fingerprint density at radius 1 is 2.00 bits per heavy atom. The van der Waals surface area contributed by atoms with Gasteiger partial charge in [-0.25, -0.2) is 0 Å². The summed E-state index contributed by atoms with van der Waals surface area (Å²) >= 11 is 0. The van der Waals surface area contributed by atoms with Crippen LogP contribution in [0.2, 0.25) is 0 Å². The molecule has 3 heteroatoms. The topological polar surface area (TPSA) is 0 Å². The first-order valence-corrected chi connectivity index (χ1v) is 4.33. The lowest BCUT2D eigenvalue weighted by molar-refractivity contribution is 4.24. The van der Waals surface area contributed by atoms with Crippen molar-refractivity contribution in [3.8, 4) is 0 Å². The molecule has 0 nitrogen and oxygen atoms in total. The lowest BCUT2D eigenvalue weighted by Gasteiger charge is -1.59. The minimum absolute atomic E-state index is 0.846. The SMILES string of the molecule is [Si]=CPP. The van der Waals surface area contributed by atoms with Gasteiger partial charge in [-0.05, 0) is 0 Å². The largest absolute Gasteiger partial charge is 0.111 e. The first-order chi connectivity index (χ1) is 1.91. The van der Waals surface area contributed by atoms with Crippen molar-refractivity contribution in [2.45, 2.75) is 0 Å². The van der Waals surface area contributed by atoms with Crippen LogP contribution in [0.25, 0.3) is 0 Å². The Labute approximate surface area is 33.3 Å². The molecule has 0 heterocycles. The zero-order chi connectivity index (χ0) is 3.41. The normalized spacial score (nSPS) is 9.25. The highest BCUT2D eigenvalue weighted by molar-refractivity contribution is 8.11. The van der Waals surface area contributed by atoms with E-state index in [0.29, 0.717) is 0 Å². The minimum Gasteiger partial charge on any atom is -0.111 e. The van der Waals surface area contributed by atoms with Crippen molar-refractivity contribution in [2.24, 2.45) is 0 Å². The van der Waals surface area contributed by atoms with Crippen molar-refractivity contribution in [2.75, 3.05) is 0 Å². The summed E-state index contributed by atoms with van der Waals surface area (Å²) in [5.41, 5.74) is 1.92. The quantitative estimate of drug-likeness (QED) is 0.335. The summed E-state index contributed by atoms with van der Waals surface area (Å²) in [7, 11) is 6.58. The molecule has 0 saturated carbocycles. The van der Waals surface area contributed by atoms with Crippen LogP contribution in [0.1, 0.15) is 0 Å². The van der Waals surface area contributed by atoms with Crippen molar-refractivity contribution >= 4 is 32.5 Å². The van der Waals surface area contributed by atoms with E-state index in [1.165, 1.54) is 0 Å². The monoisotopic (exact) mass is 106 g/mol. The smallest absolute Gasteiger partial charge is 0.0304 e. The van der Waals surface area contributed by atoms with Crippen LogP contribution in [0, 0.1) is 0 Å². The summed E-state index contributed by atoms with van der Waals surface area (Å²) in [6.45, 7) is 0. The summed E-state index contributed by atoms with van der Waals surface area (Å²) in [6, 6.07) is 0. The van der Waals surface area contributed by atoms with Crippen molar-refractivity contribution in [3.63, 3.8) is 0 Å². The van der Waals surface area contributed by atoms with E-state index in [4.69, 9.17) is 0 Å². The van der Waals surface area contributed by atoms with Gasteiger partial charge < -0.3 is 0 Å². The van der Waals surface area contributed by atoms with Gasteiger partial charge in [0.15, 0.2) is 0 Å². The maximum absolute atomic E-state index is 3.15. The highest BCUT2D eigenvalue weighted by atomic mass is 32.0. The van der Waals surface area contributed by atoms with Gasteiger partial charge in [-0.1, -0.05) is 13.7 Å². The third-order valence-electron chi connectivity index (χ3n) is 0.0833. The summed E-state index contributed by atoms with van der Waals surface area (Å²) in [6.07, 6.45) is 0. The molecule has 0 saturated heterocycles. The van der Waals surface area contributed by atoms with Crippen LogP contribution < -0.4 is 0 Å². The lowest BCUT2D eigenvalue weighted by Crippen LogP contribution is -1.36. The minimum atomic E-state index is 0.846. The molecule has 0 bridgehead atoms. The third kappa shape index (κ3) is 2.95. The van der Waals surface area contributed by atoms with Gasteiger partial charge in [-0.15, -0.1) is 8.93 Å². The van der Waals surface area contributed by atoms with Gasteiger partial charge in [0.2, 0.25) is 0 Å². The average molecular weight is 106 g/mol. The zero-order valence-electron chi connectivity index (χ0n) is 2.15. The van der Waals surface area contributed by atoms with Crippen LogP contribution in [0.3, 0.4) is 0 Å². The van der Waals surface area contributed by atoms with E-state index in [1.54, 1.807) is 0 Å². The lowest BCUT2D eigenvalue weighted by atomic mass is 11.9. The second-order valence-corrected chi connectivity index (χ2v) is 2.80. The van der Waals surface area contributed by atoms with E-state index in [0.717, 1.165) is 8.27 Å². The summed E-state index contributed by atoms with van der Waals surface area (Å²) in [5.74, 6) is 0. The van der Waals surface area contributed by atoms with E-state index >= 15 is 0 Å². The third-order valence-corrected chi connectivity index (χ3v) is 2.25. The molecular weight excluding hydrogens is 102 g/mol. The number of rotatable bonds is 1. The van der Waals surface area contributed by atoms with Crippen LogP contribution >= 0.6 is 17.2 Å². The average Bonchev–Trinajstić information content (AvgIpc) is 1.37. The summed E-state index contributed by atoms with van der Waals surface area (Å²) in [4.78, 5) is 0. The van der Waals surface area contributed by atoms with Crippen LogP contribution in [0.4, 0.5) is 0 Å². The van der Waals surface area contributed by atoms with E-state index in [9.17, 15) is 0 Å². The summed E-state index contributed by atoms with van der Waals surface area (Å²) < 4.78 is 0. The molecule has 22 valence electrons. The molecular formula is CH4P2Si. The molecule has 2 unspecified atom stereocenters. The van der Waals surface area contributed by atoms with Gasteiger partial charge in [-0.3, -0.25) is 0 Å². The molecule has 2 atom stereocenters. The fourth-order valence-corrected chi connectivity index (χ4v) is 0. The highest BCUT2D eigenvalue weighted by Crippen LogP contribution is 2.12. The fraction of sp³-hybridized carbons (Fsp3) is 0. The first-order valence-electron chi connectivity index (χ1n) is 0.866. The Kier molecular flexibility index (Phi) is 4.88. The Morgan fingerprint density at radius 2 is 2.25 bits per heavy atom. The Morgan fingerprint density at radius 3 is 2.25 bits per heavy atom. The predicted octanol–water partition coefficient (Wildman–Crippen LogP) is 0.383. The second-order valence-electron chi connectivity index (χ2n) is 0.311. The molecule has 4 heavy (non-hydrogen) atoms. The second kappa shape index (κ2) is 3.95. The van der Waals surface area contributed by atoms with Crippen molar-refractivity contribution in [1.29, 1.82) is 0 Å². The van der Waals surface area contributed by atoms with E-state index in [-0.39, 0.29) is 0 Å². The molecule has 0 spiro atoms. The van der Waals surface area contributed by atoms with Crippen LogP contribution in [-0.2, 0) is 0 Å². The molecule has 0 aliphatic carbocycles. The molecule has 0 aromatic rings. The zero-order valence-corrected chi connectivity index (χ0v) is 5.31. The highest BCUT2D eigenvalue weighted by Gasteiger charge is 1.43. The van der Waals surface area contributed by atoms with Crippen molar-refractivity contribution < 1.29 is 0 Å². The molecule has 0 aliphatic rings. The molecule has 0 fully saturated rings. The molecule has 0 N–H and O–H groups in total. The van der Waals surface area contributed by atoms with E-state index < -0.39 is 0 Å². The van der Waals surface area contributed by atoms with E-state index in [1.807, 2.05) is 5.41 Å². The maximum atomic E-state index is 3.15. The van der Waals surface area contributed by atoms with Gasteiger partial charge in [0, 0.05) is 9.85 Å². The maximum Gasteiger partial charge on any atom is 0.0304 e. The van der Waals surface area contributed by atoms with Crippen LogP contribution in [0.5, 0.6) is 0 Å². The van der Waals surface area contributed by atoms with Gasteiger partial charge in [0.25, 0.3) is 0 Å².